The van der Waals surface area contributed by atoms with Gasteiger partial charge < -0.3 is 9.73 Å². The molecule has 8 heteroatoms. The van der Waals surface area contributed by atoms with Gasteiger partial charge in [-0.15, -0.1) is 0 Å². The molecule has 1 atom stereocenters. The van der Waals surface area contributed by atoms with Gasteiger partial charge in [-0.1, -0.05) is 12.1 Å². The molecular weight excluding hydrogens is 378 g/mol. The van der Waals surface area contributed by atoms with Crippen LogP contribution in [0, 0.1) is 0 Å². The summed E-state index contributed by atoms with van der Waals surface area (Å²) >= 11 is 0. The van der Waals surface area contributed by atoms with Crippen molar-refractivity contribution in [2.24, 2.45) is 0 Å². The highest BCUT2D eigenvalue weighted by molar-refractivity contribution is 7.89. The van der Waals surface area contributed by atoms with Crippen LogP contribution in [0.15, 0.2) is 57.8 Å². The molecule has 0 radical (unpaired) electrons. The fourth-order valence-electron chi connectivity index (χ4n) is 3.49. The van der Waals surface area contributed by atoms with Crippen LogP contribution >= 0.6 is 0 Å². The van der Waals surface area contributed by atoms with E-state index < -0.39 is 10.0 Å². The van der Waals surface area contributed by atoms with Gasteiger partial charge in [0, 0.05) is 31.6 Å². The average Bonchev–Trinajstić information content (AvgIpc) is 3.12. The van der Waals surface area contributed by atoms with Gasteiger partial charge in [-0.3, -0.25) is 4.79 Å². The number of sulfonamides is 1. The standard InChI is InChI=1S/C20H21N3O4S/c1-14(24)21-16-8-10-17(11-9-16)28(25,26)23-12-4-5-15(13-23)20-22-18-6-2-3-7-19(18)27-20/h2-3,6-11,15H,4-5,12-13H2,1H3,(H,21,24). The van der Waals surface area contributed by atoms with E-state index in [0.29, 0.717) is 30.3 Å². The van der Waals surface area contributed by atoms with E-state index in [-0.39, 0.29) is 16.7 Å². The number of rotatable bonds is 4. The van der Waals surface area contributed by atoms with Crippen molar-refractivity contribution in [2.75, 3.05) is 18.4 Å². The molecule has 0 bridgehead atoms. The minimum atomic E-state index is -3.63. The van der Waals surface area contributed by atoms with Crippen molar-refractivity contribution in [3.63, 3.8) is 0 Å². The Labute approximate surface area is 163 Å². The van der Waals surface area contributed by atoms with E-state index >= 15 is 0 Å². The fraction of sp³-hybridized carbons (Fsp3) is 0.300. The van der Waals surface area contributed by atoms with Crippen LogP contribution < -0.4 is 5.32 Å². The quantitative estimate of drug-likeness (QED) is 0.726. The van der Waals surface area contributed by atoms with E-state index in [0.717, 1.165) is 18.4 Å². The molecule has 3 aromatic rings. The molecule has 7 nitrogen and oxygen atoms in total. The van der Waals surface area contributed by atoms with Crippen molar-refractivity contribution in [3.8, 4) is 0 Å². The van der Waals surface area contributed by atoms with Crippen molar-refractivity contribution in [2.45, 2.75) is 30.6 Å². The van der Waals surface area contributed by atoms with Crippen molar-refractivity contribution >= 4 is 32.7 Å². The van der Waals surface area contributed by atoms with E-state index in [1.54, 1.807) is 12.1 Å². The molecule has 0 saturated carbocycles. The van der Waals surface area contributed by atoms with Gasteiger partial charge in [0.05, 0.1) is 4.90 Å². The number of fused-ring (bicyclic) bond motifs is 1. The van der Waals surface area contributed by atoms with E-state index in [1.165, 1.54) is 23.4 Å². The number of hydrogen-bond acceptors (Lipinski definition) is 5. The van der Waals surface area contributed by atoms with Gasteiger partial charge in [-0.05, 0) is 49.2 Å². The number of aromatic nitrogens is 1. The lowest BCUT2D eigenvalue weighted by atomic mass is 10.00. The molecule has 4 rings (SSSR count). The van der Waals surface area contributed by atoms with E-state index in [4.69, 9.17) is 4.42 Å². The largest absolute Gasteiger partial charge is 0.440 e. The maximum absolute atomic E-state index is 13.1. The molecule has 2 heterocycles. The van der Waals surface area contributed by atoms with Crippen LogP contribution in [0.5, 0.6) is 0 Å². The van der Waals surface area contributed by atoms with Gasteiger partial charge in [0.15, 0.2) is 11.5 Å². The first-order valence-electron chi connectivity index (χ1n) is 9.17. The summed E-state index contributed by atoms with van der Waals surface area (Å²) in [5.41, 5.74) is 2.06. The minimum absolute atomic E-state index is 0.0745. The van der Waals surface area contributed by atoms with E-state index in [9.17, 15) is 13.2 Å². The molecule has 1 aliphatic heterocycles. The second kappa shape index (κ2) is 7.37. The van der Waals surface area contributed by atoms with Crippen LogP contribution in [0.25, 0.3) is 11.1 Å². The molecule has 0 aliphatic carbocycles. The van der Waals surface area contributed by atoms with Gasteiger partial charge in [-0.25, -0.2) is 13.4 Å². The van der Waals surface area contributed by atoms with Crippen LogP contribution in [0.3, 0.4) is 0 Å². The smallest absolute Gasteiger partial charge is 0.243 e. The third kappa shape index (κ3) is 3.65. The Morgan fingerprint density at radius 1 is 1.18 bits per heavy atom. The van der Waals surface area contributed by atoms with Crippen LogP contribution in [-0.4, -0.2) is 36.7 Å². The molecule has 1 saturated heterocycles. The Balaban J connectivity index is 1.55. The lowest BCUT2D eigenvalue weighted by Gasteiger charge is -2.30. The summed E-state index contributed by atoms with van der Waals surface area (Å²) in [5.74, 6) is 0.310. The maximum atomic E-state index is 13.1. The Bertz CT molecular complexity index is 1070. The zero-order valence-corrected chi connectivity index (χ0v) is 16.3. The third-order valence-electron chi connectivity index (χ3n) is 4.86. The molecule has 1 unspecified atom stereocenters. The minimum Gasteiger partial charge on any atom is -0.440 e. The number of para-hydroxylation sites is 2. The summed E-state index contributed by atoms with van der Waals surface area (Å²) in [5, 5.41) is 2.64. The molecule has 0 spiro atoms. The predicted octanol–water partition coefficient (Wildman–Crippen LogP) is 3.35. The summed E-state index contributed by atoms with van der Waals surface area (Å²) in [4.78, 5) is 15.9. The summed E-state index contributed by atoms with van der Waals surface area (Å²) < 4.78 is 33.5. The molecule has 1 aromatic heterocycles. The summed E-state index contributed by atoms with van der Waals surface area (Å²) in [7, 11) is -3.63. The Hall–Kier alpha value is -2.71. The average molecular weight is 399 g/mol. The second-order valence-corrected chi connectivity index (χ2v) is 8.87. The number of nitrogens with zero attached hydrogens (tertiary/aromatic N) is 2. The normalized spacial score (nSPS) is 18.2. The molecule has 1 N–H and O–H groups in total. The van der Waals surface area contributed by atoms with Crippen molar-refractivity contribution in [1.29, 1.82) is 0 Å². The first-order chi connectivity index (χ1) is 13.4. The molecule has 1 fully saturated rings. The highest BCUT2D eigenvalue weighted by Crippen LogP contribution is 2.31. The first kappa shape index (κ1) is 18.6. The summed E-state index contributed by atoms with van der Waals surface area (Å²) in [6.45, 7) is 2.21. The number of anilines is 1. The summed E-state index contributed by atoms with van der Waals surface area (Å²) in [6, 6.07) is 13.8. The Morgan fingerprint density at radius 3 is 2.64 bits per heavy atom. The van der Waals surface area contributed by atoms with Crippen LogP contribution in [0.2, 0.25) is 0 Å². The van der Waals surface area contributed by atoms with Crippen LogP contribution in [0.1, 0.15) is 31.6 Å². The van der Waals surface area contributed by atoms with Gasteiger partial charge in [0.2, 0.25) is 15.9 Å². The van der Waals surface area contributed by atoms with Gasteiger partial charge in [-0.2, -0.15) is 4.31 Å². The van der Waals surface area contributed by atoms with Gasteiger partial charge >= 0.3 is 0 Å². The lowest BCUT2D eigenvalue weighted by molar-refractivity contribution is -0.114. The van der Waals surface area contributed by atoms with Crippen LogP contribution in [0.4, 0.5) is 5.69 Å². The number of hydrogen-bond donors (Lipinski definition) is 1. The topological polar surface area (TPSA) is 92.5 Å². The van der Waals surface area contributed by atoms with E-state index in [2.05, 4.69) is 10.3 Å². The van der Waals surface area contributed by atoms with Crippen molar-refractivity contribution in [3.05, 3.63) is 54.4 Å². The number of carbonyl (C=O) groups is 1. The molecule has 146 valence electrons. The molecule has 1 amide bonds. The highest BCUT2D eigenvalue weighted by atomic mass is 32.2. The summed E-state index contributed by atoms with van der Waals surface area (Å²) in [6.07, 6.45) is 1.58. The zero-order valence-electron chi connectivity index (χ0n) is 15.5. The first-order valence-corrected chi connectivity index (χ1v) is 10.6. The van der Waals surface area contributed by atoms with Gasteiger partial charge in [0.25, 0.3) is 0 Å². The third-order valence-corrected chi connectivity index (χ3v) is 6.74. The fourth-order valence-corrected chi connectivity index (χ4v) is 5.01. The SMILES string of the molecule is CC(=O)Nc1ccc(S(=O)(=O)N2CCCC(c3nc4ccccc4o3)C2)cc1. The number of piperidine rings is 1. The van der Waals surface area contributed by atoms with Gasteiger partial charge in [0.1, 0.15) is 5.52 Å². The number of oxazole rings is 1. The molecular formula is C20H21N3O4S. The molecule has 28 heavy (non-hydrogen) atoms. The van der Waals surface area contributed by atoms with Crippen molar-refractivity contribution < 1.29 is 17.6 Å². The number of amides is 1. The van der Waals surface area contributed by atoms with Crippen molar-refractivity contribution in [1.82, 2.24) is 9.29 Å². The number of benzene rings is 2. The second-order valence-electron chi connectivity index (χ2n) is 6.93. The lowest BCUT2D eigenvalue weighted by Crippen LogP contribution is -2.39. The highest BCUT2D eigenvalue weighted by Gasteiger charge is 2.33. The maximum Gasteiger partial charge on any atom is 0.243 e. The monoisotopic (exact) mass is 399 g/mol. The molecule has 1 aliphatic rings. The zero-order chi connectivity index (χ0) is 19.7. The predicted molar refractivity (Wildman–Crippen MR) is 105 cm³/mol. The molecule has 2 aromatic carbocycles. The van der Waals surface area contributed by atoms with Crippen LogP contribution in [-0.2, 0) is 14.8 Å². The Morgan fingerprint density at radius 2 is 1.93 bits per heavy atom. The number of carbonyl (C=O) groups excluding carboxylic acids is 1. The Kier molecular flexibility index (Phi) is 4.91. The number of nitrogens with one attached hydrogen (secondary N) is 1. The van der Waals surface area contributed by atoms with E-state index in [1.807, 2.05) is 24.3 Å².